The molecule has 0 amide bonds. The maximum atomic E-state index is 14.3. The van der Waals surface area contributed by atoms with Crippen molar-refractivity contribution >= 4 is 80.6 Å². The Labute approximate surface area is 698 Å². The lowest BCUT2D eigenvalue weighted by Gasteiger charge is -2.65. The van der Waals surface area contributed by atoms with Gasteiger partial charge in [-0.05, 0) is 215 Å². The van der Waals surface area contributed by atoms with Gasteiger partial charge in [0.05, 0.1) is 52.6 Å². The van der Waals surface area contributed by atoms with E-state index in [4.69, 9.17) is 46.4 Å². The minimum absolute atomic E-state index is 0. The number of methoxy groups -OCH3 is 3. The number of esters is 5. The summed E-state index contributed by atoms with van der Waals surface area (Å²) in [6.07, 6.45) is 17.3. The molecule has 3 aliphatic carbocycles. The molecular weight excluding hydrogens is 1510 g/mol. The molecular formula is C95H116N10O14. The maximum Gasteiger partial charge on any atom is 0.373 e. The number of likely N-dealkylation sites (N-methyl/N-ethyl adjacent to an activating group) is 2. The fourth-order valence-electron chi connectivity index (χ4n) is 27.1. The molecule has 6 fully saturated rings. The van der Waals surface area contributed by atoms with Crippen LogP contribution in [0.5, 0.6) is 0 Å². The van der Waals surface area contributed by atoms with Crippen LogP contribution in [0.25, 0.3) is 31.5 Å². The van der Waals surface area contributed by atoms with Gasteiger partial charge in [-0.1, -0.05) is 101 Å². The van der Waals surface area contributed by atoms with Crippen molar-refractivity contribution in [2.75, 3.05) is 104 Å². The first kappa shape index (κ1) is 84.3. The highest BCUT2D eigenvalue weighted by Crippen LogP contribution is 2.71. The van der Waals surface area contributed by atoms with Crippen molar-refractivity contribution in [1.29, 1.82) is 0 Å². The zero-order valence-corrected chi connectivity index (χ0v) is 70.6. The van der Waals surface area contributed by atoms with Gasteiger partial charge in [0.15, 0.2) is 23.6 Å². The molecule has 24 heteroatoms. The molecule has 2 saturated carbocycles. The Morgan fingerprint density at radius 1 is 0.613 bits per heavy atom. The van der Waals surface area contributed by atoms with Crippen LogP contribution in [0.15, 0.2) is 102 Å². The number of hydrogen-bond donors (Lipinski definition) is 4. The van der Waals surface area contributed by atoms with Crippen LogP contribution >= 0.6 is 0 Å². The predicted octanol–water partition coefficient (Wildman–Crippen LogP) is 12.4. The van der Waals surface area contributed by atoms with E-state index < -0.39 is 91.9 Å². The lowest BCUT2D eigenvalue weighted by Crippen LogP contribution is -2.82. The van der Waals surface area contributed by atoms with Crippen molar-refractivity contribution in [3.63, 3.8) is 0 Å². The average molecular weight is 1620 g/mol. The molecule has 119 heavy (non-hydrogen) atoms. The number of piperidine rings is 2. The van der Waals surface area contributed by atoms with Gasteiger partial charge in [0, 0.05) is 140 Å². The Balaban J connectivity index is 0.000000148. The van der Waals surface area contributed by atoms with E-state index in [9.17, 15) is 34.2 Å². The Hall–Kier alpha value is -9.75. The molecule has 2 aromatic heterocycles. The van der Waals surface area contributed by atoms with Crippen LogP contribution in [0.1, 0.15) is 170 Å². The second kappa shape index (κ2) is 30.7. The molecule has 24 nitrogen and oxygen atoms in total. The van der Waals surface area contributed by atoms with Crippen molar-refractivity contribution in [3.05, 3.63) is 175 Å². The Morgan fingerprint density at radius 3 is 1.79 bits per heavy atom. The third kappa shape index (κ3) is 11.8. The van der Waals surface area contributed by atoms with Crippen molar-refractivity contribution in [3.8, 4) is 0 Å². The Morgan fingerprint density at radius 2 is 1.19 bits per heavy atom. The summed E-state index contributed by atoms with van der Waals surface area (Å²) < 4.78 is 28.3. The fourth-order valence-corrected chi connectivity index (χ4v) is 27.1. The summed E-state index contributed by atoms with van der Waals surface area (Å²) in [5, 5.41) is 27.9. The minimum atomic E-state index is -2.16. The highest BCUT2D eigenvalue weighted by Gasteiger charge is 2.83. The van der Waals surface area contributed by atoms with Crippen molar-refractivity contribution in [2.24, 2.45) is 22.7 Å². The number of fused-ring (bicyclic) bond motifs is 10. The number of benzene rings is 4. The van der Waals surface area contributed by atoms with Gasteiger partial charge in [0.2, 0.25) is 11.2 Å². The molecule has 14 aliphatic rings. The number of aliphatic hydroxyl groups is 2. The number of nitrogens with zero attached hydrogens (tertiary/aromatic N) is 8. The first-order valence-electron chi connectivity index (χ1n) is 42.4. The quantitative estimate of drug-likeness (QED) is 0.0430. The van der Waals surface area contributed by atoms with Crippen LogP contribution in [-0.2, 0) is 91.7 Å². The SMILES string of the molecule is C.CC[C@]12CCCN3CC[C@@]4(c5ccc(C)cc5N(C)C4[C@@](O)(C(=O)OC)[C@@H]1OC(C)=O)[C@@H]32.O=C=O.[C-]#[N+]c1ccc2[nH]c3c(c2c1)CCN1CC(CC)=C[C@H](C1)C[C@]3(C)c1cc2c(cc1C)N(C)C1[C@]23CCN2CC=C[C@@](CC)([C@@H](OC(C)=O)[C@]1(O)C(=O)OC)[C@H]23.[C-]#[N+]c1ccc2[nH]c3c(c2c1)CCN1CC2C=C(CC)C1C3(C(=O)OC)C2. The second-order valence-electron chi connectivity index (χ2n) is 36.2. The summed E-state index contributed by atoms with van der Waals surface area (Å²) in [6, 6.07) is 21.6. The zero-order chi connectivity index (χ0) is 84.0. The number of hydrogen-bond acceptors (Lipinski definition) is 20. The summed E-state index contributed by atoms with van der Waals surface area (Å²) in [5.74, 6) is -1.95. The van der Waals surface area contributed by atoms with E-state index in [-0.39, 0.29) is 37.7 Å². The van der Waals surface area contributed by atoms with Crippen LogP contribution in [0.3, 0.4) is 0 Å². The van der Waals surface area contributed by atoms with E-state index in [0.29, 0.717) is 36.1 Å². The summed E-state index contributed by atoms with van der Waals surface area (Å²) in [4.78, 5) is 112. The molecule has 4 N–H and O–H groups in total. The highest BCUT2D eigenvalue weighted by molar-refractivity contribution is 5.95. The van der Waals surface area contributed by atoms with Crippen LogP contribution in [-0.4, -0.2) is 224 Å². The topological polar surface area (TPSA) is 266 Å². The molecule has 6 aromatic rings. The van der Waals surface area contributed by atoms with Gasteiger partial charge >= 0.3 is 36.0 Å². The molecule has 20 rings (SSSR count). The summed E-state index contributed by atoms with van der Waals surface area (Å²) in [7, 11) is 8.05. The summed E-state index contributed by atoms with van der Waals surface area (Å²) in [6.45, 7) is 41.5. The Kier molecular flexibility index (Phi) is 21.8. The number of aryl methyl sites for hydroxylation is 2. The number of aromatic nitrogens is 2. The van der Waals surface area contributed by atoms with Gasteiger partial charge < -0.3 is 53.7 Å². The first-order valence-corrected chi connectivity index (χ1v) is 42.4. The van der Waals surface area contributed by atoms with Crippen LogP contribution in [0.4, 0.5) is 22.7 Å². The molecule has 7 unspecified atom stereocenters. The molecule has 19 atom stereocenters. The molecule has 4 aromatic carbocycles. The maximum absolute atomic E-state index is 14.3. The van der Waals surface area contributed by atoms with E-state index >= 15 is 0 Å². The number of carbonyl (C=O) groups is 5. The normalized spacial score (nSPS) is 34.6. The van der Waals surface area contributed by atoms with E-state index in [2.05, 4.69) is 159 Å². The largest absolute Gasteiger partial charge is 0.468 e. The molecule has 6 bridgehead atoms. The van der Waals surface area contributed by atoms with Gasteiger partial charge in [-0.15, -0.1) is 0 Å². The van der Waals surface area contributed by atoms with E-state index in [0.717, 1.165) is 179 Å². The molecule has 0 radical (unpaired) electrons. The van der Waals surface area contributed by atoms with Crippen molar-refractivity contribution in [1.82, 2.24) is 29.6 Å². The van der Waals surface area contributed by atoms with Crippen molar-refractivity contribution < 1.29 is 67.5 Å². The molecule has 2 spiro atoms. The third-order valence-electron chi connectivity index (χ3n) is 30.9. The van der Waals surface area contributed by atoms with E-state index in [1.165, 1.54) is 74.3 Å². The number of carbonyl (C=O) groups excluding carboxylic acids is 7. The standard InChI is InChI=1S/C46H55N5O5.C25H34N2O5.C22H23N3O2.CO2.CH4/c1-9-29-21-30-24-43(5,38-32(14-18-50(25-29)26-30)33-22-31(47-6)12-13-36(33)48-38)34-23-35-37(20-27(34)3)49(7)40-45(35)16-19-51-17-11-15-44(10-2,39(45)51)41(56-28(4)52)46(40,54)42(53)55-8;1-6-23-10-7-12-27-13-11-24(19(23)27)17-9-8-15(2)14-18(17)26(4)20(24)25(30,22(29)31-5)21(23)32-16(3)28;1-4-14-9-13-11-22(21(26)27-3)19-16(7-8-25(12-13)20(14)22)17-10-15(23-2)5-6-18(17)24-19;2-1-3;/h11-13,15,20-23,30,39-41,48,54H,9-10,14,16-19,24-26H2,1-5,7-8H3;8-9,14,19-21,30H,6-7,10-13H2,1-5H3;5-6,9-10,13,20,24H,4,7-8,11-12H2,1,3H3;;1H4/t30-,39-,40?,41+,43+,44+,45+,46-;19-,20?,21+,23+,24+,25-;;;/m00.../s1. The monoisotopic (exact) mass is 1620 g/mol. The highest BCUT2D eigenvalue weighted by atomic mass is 16.6. The van der Waals surface area contributed by atoms with Crippen LogP contribution in [0, 0.1) is 49.7 Å². The smallest absolute Gasteiger partial charge is 0.373 e. The molecule has 4 saturated heterocycles. The second-order valence-corrected chi connectivity index (χ2v) is 36.2. The van der Waals surface area contributed by atoms with Gasteiger partial charge in [-0.3, -0.25) is 34.0 Å². The Bertz CT molecular complexity index is 5350. The molecule has 11 aliphatic heterocycles. The minimum Gasteiger partial charge on any atom is -0.468 e. The number of ether oxygens (including phenoxy) is 5. The number of anilines is 2. The van der Waals surface area contributed by atoms with Crippen LogP contribution < -0.4 is 9.80 Å². The molecule has 630 valence electrons. The van der Waals surface area contributed by atoms with E-state index in [1.54, 1.807) is 0 Å². The van der Waals surface area contributed by atoms with Crippen LogP contribution in [0.2, 0.25) is 0 Å². The number of aromatic amines is 2. The number of H-pyrrole nitrogens is 2. The van der Waals surface area contributed by atoms with Gasteiger partial charge in [-0.2, -0.15) is 9.59 Å². The van der Waals surface area contributed by atoms with Gasteiger partial charge in [0.25, 0.3) is 0 Å². The molecule has 13 heterocycles. The first-order chi connectivity index (χ1) is 56.5. The predicted molar refractivity (Wildman–Crippen MR) is 452 cm³/mol. The lowest BCUT2D eigenvalue weighted by atomic mass is 9.46. The average Bonchev–Trinajstić information content (AvgIpc) is 1.50. The third-order valence-corrected chi connectivity index (χ3v) is 30.9. The number of rotatable bonds is 10. The van der Waals surface area contributed by atoms with Gasteiger partial charge in [0.1, 0.15) is 5.41 Å². The lowest BCUT2D eigenvalue weighted by molar-refractivity contribution is -0.242. The van der Waals surface area contributed by atoms with Crippen molar-refractivity contribution in [2.45, 2.75) is 222 Å². The van der Waals surface area contributed by atoms with E-state index in [1.807, 2.05) is 43.3 Å². The fraction of sp³-hybridized carbons (Fsp3) is 0.558. The number of nitrogens with one attached hydrogen (secondary N) is 2. The zero-order valence-electron chi connectivity index (χ0n) is 70.6. The van der Waals surface area contributed by atoms with Gasteiger partial charge in [-0.25, -0.2) is 19.3 Å². The summed E-state index contributed by atoms with van der Waals surface area (Å²) in [5.41, 5.74) is 10.9. The summed E-state index contributed by atoms with van der Waals surface area (Å²) >= 11 is 0.